The average Bonchev–Trinajstić information content (AvgIpc) is 1.10. The molecule has 0 bridgehead atoms. The van der Waals surface area contributed by atoms with Crippen molar-refractivity contribution in [3.05, 3.63) is 181 Å². The van der Waals surface area contributed by atoms with E-state index in [-0.39, 0.29) is 27.1 Å². The molecule has 0 fully saturated rings. The predicted molar refractivity (Wildman–Crippen MR) is 244 cm³/mol. The van der Waals surface area contributed by atoms with E-state index in [1.807, 2.05) is 0 Å². The van der Waals surface area contributed by atoms with E-state index in [2.05, 4.69) is 0 Å². The molecule has 0 atom stereocenters. The third-order valence-electron chi connectivity index (χ3n) is 10.4. The van der Waals surface area contributed by atoms with Crippen molar-refractivity contribution in [2.75, 3.05) is 0 Å². The molecule has 278 valence electrons. The van der Waals surface area contributed by atoms with Gasteiger partial charge < -0.3 is 22.8 Å². The highest BCUT2D eigenvalue weighted by Gasteiger charge is 2.41. The first kappa shape index (κ1) is 15.0. The van der Waals surface area contributed by atoms with Crippen molar-refractivity contribution >= 4 is 83.5 Å². The van der Waals surface area contributed by atoms with Crippen molar-refractivity contribution in [1.29, 1.82) is 0 Å². The molecule has 6 heteroatoms. The maximum Gasteiger partial charge on any atom is 0.434 e. The van der Waals surface area contributed by atoms with Gasteiger partial charge in [-0.05, 0) is 94.8 Å². The Labute approximate surface area is 385 Å². The van der Waals surface area contributed by atoms with Crippen LogP contribution in [0.2, 0.25) is 0 Å². The van der Waals surface area contributed by atoms with Crippen LogP contribution >= 0.6 is 0 Å². The smallest absolute Gasteiger partial charge is 0.434 e. The fraction of sp³-hybridized carbons (Fsp3) is 0. The van der Waals surface area contributed by atoms with E-state index in [0.717, 1.165) is 4.57 Å². The van der Waals surface area contributed by atoms with Gasteiger partial charge in [0.25, 0.3) is 0 Å². The number of para-hydroxylation sites is 5. The molecule has 0 N–H and O–H groups in total. The van der Waals surface area contributed by atoms with Gasteiger partial charge in [0.05, 0.1) is 63.2 Å². The third kappa shape index (κ3) is 4.37. The summed E-state index contributed by atoms with van der Waals surface area (Å²) in [6.07, 6.45) is 0. The second-order valence-corrected chi connectivity index (χ2v) is 13.6. The molecule has 0 aliphatic carbocycles. The molecule has 5 heterocycles. The molecule has 0 saturated carbocycles. The summed E-state index contributed by atoms with van der Waals surface area (Å²) in [6, 6.07) is -26.1. The largest absolute Gasteiger partial charge is 0.551 e. The highest BCUT2D eigenvalue weighted by molar-refractivity contribution is 6.84. The molecule has 2 aliphatic heterocycles. The molecule has 3 aromatic heterocycles. The molecule has 12 aromatic rings. The first-order valence-corrected chi connectivity index (χ1v) is 17.9. The topological polar surface area (TPSA) is 49.7 Å². The molecule has 0 amide bonds. The van der Waals surface area contributed by atoms with Crippen LogP contribution in [0.15, 0.2) is 190 Å². The van der Waals surface area contributed by atoms with Crippen molar-refractivity contribution < 1.29 is 59.3 Å². The number of benzene rings is 9. The zero-order valence-corrected chi connectivity index (χ0v) is 29.7. The van der Waals surface area contributed by atoms with Crippen LogP contribution in [0.5, 0.6) is 17.2 Å². The van der Waals surface area contributed by atoms with E-state index in [9.17, 15) is 17.8 Å². The number of aromatic nitrogens is 1. The quantitative estimate of drug-likeness (QED) is 0.167. The number of furan rings is 2. The summed E-state index contributed by atoms with van der Waals surface area (Å²) in [4.78, 5) is 0. The number of ether oxygens (including phenoxy) is 1. The Morgan fingerprint density at radius 3 is 2.00 bits per heavy atom. The summed E-state index contributed by atoms with van der Waals surface area (Å²) in [6.45, 7) is -2.02. The molecular formula is C54H30BNO4. The van der Waals surface area contributed by atoms with Crippen LogP contribution in [0.3, 0.4) is 0 Å². The maximum absolute atomic E-state index is 10.2. The van der Waals surface area contributed by atoms with Crippen LogP contribution in [0, 0.1) is 0 Å². The minimum atomic E-state index is -2.02. The first-order chi connectivity index (χ1) is 42.3. The Bertz CT molecular complexity index is 5500. The summed E-state index contributed by atoms with van der Waals surface area (Å²) < 4.78 is 299. The molecule has 0 saturated heterocycles. The second-order valence-electron chi connectivity index (χ2n) is 13.6. The van der Waals surface area contributed by atoms with Gasteiger partial charge in [-0.15, -0.1) is 0 Å². The number of fused-ring (bicyclic) bond motifs is 14. The van der Waals surface area contributed by atoms with Gasteiger partial charge in [-0.25, -0.2) is 0 Å². The molecule has 14 rings (SSSR count). The second kappa shape index (κ2) is 11.8. The van der Waals surface area contributed by atoms with Crippen molar-refractivity contribution in [3.63, 3.8) is 0 Å². The van der Waals surface area contributed by atoms with E-state index in [1.54, 1.807) is 0 Å². The van der Waals surface area contributed by atoms with Gasteiger partial charge >= 0.3 is 6.92 Å². The molecule has 9 aromatic carbocycles. The van der Waals surface area contributed by atoms with Crippen LogP contribution in [-0.4, -0.2) is 11.5 Å². The van der Waals surface area contributed by atoms with Crippen molar-refractivity contribution in [3.8, 4) is 56.3 Å². The van der Waals surface area contributed by atoms with Crippen molar-refractivity contribution in [2.24, 2.45) is 0 Å². The highest BCUT2D eigenvalue weighted by atomic mass is 16.5. The average molecular weight is 798 g/mol. The fourth-order valence-corrected chi connectivity index (χ4v) is 7.89. The minimum Gasteiger partial charge on any atom is -0.551 e. The lowest BCUT2D eigenvalue weighted by Gasteiger charge is -2.33. The molecule has 2 aliphatic rings. The zero-order chi connectivity index (χ0) is 65.2. The van der Waals surface area contributed by atoms with E-state index < -0.39 is 294 Å². The summed E-state index contributed by atoms with van der Waals surface area (Å²) >= 11 is 0. The van der Waals surface area contributed by atoms with E-state index in [4.69, 9.17) is 41.5 Å². The van der Waals surface area contributed by atoms with Gasteiger partial charge in [-0.1, -0.05) is 109 Å². The van der Waals surface area contributed by atoms with Crippen LogP contribution in [0.25, 0.3) is 105 Å². The summed E-state index contributed by atoms with van der Waals surface area (Å²) in [5, 5.41) is -2.27. The summed E-state index contributed by atoms with van der Waals surface area (Å²) in [5.41, 5.74) is -9.42. The number of rotatable bonds is 3. The van der Waals surface area contributed by atoms with Crippen LogP contribution < -0.4 is 20.3 Å². The standard InChI is InChI=1S/C54H30BNO4/c1-6-16-43(56-44-17-7-2-12-35(44)36-13-3-8-18-45(36)56)34(11-1)33-27-41-38-15-5-10-20-47(38)60-55-42-28-31(22-25-48(42)57-51(30-33)53(41)55)32-21-23-40-50(29-32)58-49-26-24-39-37-14-4-9-19-46(37)59-54(39)52(40)49/h1-30H/i1D,2D,3D,4D,5D,6D,7D,8D,9D,10D,11D,12D,13D,14D,15D,16D,17D,18D,19D,20D,21D,22D,23D,24D,25D,26D,27D,28D,29D,30D. The van der Waals surface area contributed by atoms with Crippen LogP contribution in [-0.2, 0) is 0 Å². The van der Waals surface area contributed by atoms with Gasteiger partial charge in [0.1, 0.15) is 39.6 Å². The third-order valence-corrected chi connectivity index (χ3v) is 10.4. The van der Waals surface area contributed by atoms with Gasteiger partial charge in [0.15, 0.2) is 0 Å². The Kier molecular flexibility index (Phi) is 2.95. The van der Waals surface area contributed by atoms with E-state index in [1.165, 1.54) is 0 Å². The fourth-order valence-electron chi connectivity index (χ4n) is 7.89. The summed E-state index contributed by atoms with van der Waals surface area (Å²) in [5.74, 6) is -2.27. The van der Waals surface area contributed by atoms with Crippen molar-refractivity contribution in [2.45, 2.75) is 0 Å². The SMILES string of the molecule is [2H]c1c([2H])c([2H])c2c(c1[2H])OB1c3c([2H])c(-c4c([2H])c([2H])c5c(oc6c([2H])c([2H])c7c(oc8c([2H])c([2H])c([2H])c([2H])c87)c65)c4[2H])c([2H])c([2H])c3Oc3c([2H])c(-c4c([2H])c([2H])c([2H])c([2H])c4-n4c5c([2H])c([2H])c([2H])c([2H])c5c5c([2H])c([2H])c([2H])c([2H])c54)c([2H])c-2c31. The van der Waals surface area contributed by atoms with Gasteiger partial charge in [0, 0.05) is 49.0 Å². The molecule has 0 spiro atoms. The van der Waals surface area contributed by atoms with Gasteiger partial charge in [-0.3, -0.25) is 0 Å². The Morgan fingerprint density at radius 2 is 1.13 bits per heavy atom. The number of hydrogen-bond donors (Lipinski definition) is 0. The lowest BCUT2D eigenvalue weighted by atomic mass is 9.50. The maximum atomic E-state index is 10.2. The number of hydrogen-bond acceptors (Lipinski definition) is 4. The molecule has 0 unspecified atom stereocenters. The molecule has 0 radical (unpaired) electrons. The Balaban J connectivity index is 1.08. The lowest BCUT2D eigenvalue weighted by Crippen LogP contribution is -2.53. The van der Waals surface area contributed by atoms with Crippen LogP contribution in [0.4, 0.5) is 0 Å². The first-order valence-electron chi connectivity index (χ1n) is 32.9. The van der Waals surface area contributed by atoms with E-state index >= 15 is 0 Å². The van der Waals surface area contributed by atoms with Crippen LogP contribution in [0.1, 0.15) is 41.1 Å². The van der Waals surface area contributed by atoms with Gasteiger partial charge in [0.2, 0.25) is 0 Å². The minimum absolute atomic E-state index is 0.277. The Hall–Kier alpha value is -7.96. The molecule has 60 heavy (non-hydrogen) atoms. The normalized spacial score (nSPS) is 19.9. The predicted octanol–water partition coefficient (Wildman–Crippen LogP) is 13.2. The Morgan fingerprint density at radius 1 is 0.433 bits per heavy atom. The molecule has 5 nitrogen and oxygen atoms in total. The lowest BCUT2D eigenvalue weighted by molar-refractivity contribution is 0.479. The highest BCUT2D eigenvalue weighted by Crippen LogP contribution is 2.45. The van der Waals surface area contributed by atoms with E-state index in [0.29, 0.717) is 0 Å². The molecular weight excluding hydrogens is 737 g/mol. The zero-order valence-electron chi connectivity index (χ0n) is 59.7. The van der Waals surface area contributed by atoms with Crippen molar-refractivity contribution in [1.82, 2.24) is 4.57 Å². The summed E-state index contributed by atoms with van der Waals surface area (Å²) in [7, 11) is 0. The number of nitrogens with zero attached hydrogens (tertiary/aromatic N) is 1. The monoisotopic (exact) mass is 797 g/mol. The van der Waals surface area contributed by atoms with Gasteiger partial charge in [-0.2, -0.15) is 0 Å².